The Kier molecular flexibility index (Phi) is 8.06. The smallest absolute Gasteiger partial charge is 0.310 e. The molecular weight excluding hydrogens is 418 g/mol. The summed E-state index contributed by atoms with van der Waals surface area (Å²) in [5, 5.41) is 1.93. The molecule has 170 valence electrons. The molecule has 2 fully saturated rings. The van der Waals surface area contributed by atoms with Gasteiger partial charge in [-0.1, -0.05) is 6.07 Å². The lowest BCUT2D eigenvalue weighted by atomic mass is 9.98. The van der Waals surface area contributed by atoms with Crippen LogP contribution in [0.4, 0.5) is 0 Å². The van der Waals surface area contributed by atoms with Crippen LogP contribution < -0.4 is 0 Å². The first-order valence-electron chi connectivity index (χ1n) is 10.9. The van der Waals surface area contributed by atoms with E-state index in [0.717, 1.165) is 17.7 Å². The number of esters is 1. The van der Waals surface area contributed by atoms with Crippen molar-refractivity contribution in [2.45, 2.75) is 45.1 Å². The van der Waals surface area contributed by atoms with Gasteiger partial charge in [-0.05, 0) is 44.1 Å². The van der Waals surface area contributed by atoms with Crippen molar-refractivity contribution in [2.75, 3.05) is 39.8 Å². The number of rotatable bonds is 7. The third-order valence-electron chi connectivity index (χ3n) is 5.91. The van der Waals surface area contributed by atoms with Gasteiger partial charge in [0, 0.05) is 31.6 Å². The van der Waals surface area contributed by atoms with E-state index in [-0.39, 0.29) is 36.2 Å². The maximum Gasteiger partial charge on any atom is 0.310 e. The summed E-state index contributed by atoms with van der Waals surface area (Å²) < 4.78 is 5.09. The Balaban J connectivity index is 1.54. The van der Waals surface area contributed by atoms with Crippen molar-refractivity contribution in [3.63, 3.8) is 0 Å². The molecule has 8 nitrogen and oxygen atoms in total. The van der Waals surface area contributed by atoms with Gasteiger partial charge in [0.25, 0.3) is 0 Å². The van der Waals surface area contributed by atoms with Gasteiger partial charge in [0.2, 0.25) is 17.7 Å². The monoisotopic (exact) mass is 449 g/mol. The van der Waals surface area contributed by atoms with Gasteiger partial charge in [-0.15, -0.1) is 11.3 Å². The van der Waals surface area contributed by atoms with Crippen LogP contribution in [0.5, 0.6) is 0 Å². The van der Waals surface area contributed by atoms with Gasteiger partial charge in [-0.25, -0.2) is 0 Å². The molecule has 0 aliphatic carbocycles. The van der Waals surface area contributed by atoms with Crippen molar-refractivity contribution < 1.29 is 23.9 Å². The highest BCUT2D eigenvalue weighted by Gasteiger charge is 2.37. The Bertz CT molecular complexity index is 797. The van der Waals surface area contributed by atoms with Gasteiger partial charge in [-0.3, -0.25) is 19.2 Å². The molecule has 0 saturated carbocycles. The van der Waals surface area contributed by atoms with Crippen LogP contribution in [0.1, 0.15) is 37.5 Å². The lowest BCUT2D eigenvalue weighted by Gasteiger charge is -2.33. The minimum absolute atomic E-state index is 0.0497. The number of hydrogen-bond donors (Lipinski definition) is 0. The molecule has 2 aliphatic rings. The van der Waals surface area contributed by atoms with E-state index < -0.39 is 6.04 Å². The summed E-state index contributed by atoms with van der Waals surface area (Å²) >= 11 is 1.53. The molecule has 1 aromatic heterocycles. The molecule has 2 unspecified atom stereocenters. The summed E-state index contributed by atoms with van der Waals surface area (Å²) in [5.41, 5.74) is 0. The molecule has 1 aromatic rings. The van der Waals surface area contributed by atoms with Gasteiger partial charge in [0.15, 0.2) is 0 Å². The first-order valence-corrected chi connectivity index (χ1v) is 11.8. The second kappa shape index (κ2) is 10.7. The molecule has 9 heteroatoms. The first-order chi connectivity index (χ1) is 14.9. The third kappa shape index (κ3) is 5.84. The summed E-state index contributed by atoms with van der Waals surface area (Å²) in [7, 11) is 1.60. The number of carbonyl (C=O) groups is 4. The number of ether oxygens (including phenoxy) is 1. The number of likely N-dealkylation sites (N-methyl/N-ethyl adjacent to an activating group) is 1. The largest absolute Gasteiger partial charge is 0.466 e. The van der Waals surface area contributed by atoms with E-state index >= 15 is 0 Å². The van der Waals surface area contributed by atoms with E-state index in [1.54, 1.807) is 23.8 Å². The Morgan fingerprint density at radius 2 is 1.94 bits per heavy atom. The first kappa shape index (κ1) is 23.2. The van der Waals surface area contributed by atoms with Crippen LogP contribution in [0.25, 0.3) is 0 Å². The standard InChI is InChI=1S/C22H31N3O5S/c1-3-30-22(29)16-7-4-10-24(14-16)20(27)15-23(2)21(28)18-9-5-11-25(18)19(26)13-17-8-6-12-31-17/h6,8,12,16,18H,3-5,7,9-11,13-15H2,1-2H3. The molecular formula is C22H31N3O5S. The minimum atomic E-state index is -0.515. The second-order valence-corrected chi connectivity index (χ2v) is 9.16. The predicted molar refractivity (Wildman–Crippen MR) is 116 cm³/mol. The summed E-state index contributed by atoms with van der Waals surface area (Å²) in [6.45, 7) is 3.50. The normalized spacial score (nSPS) is 21.1. The van der Waals surface area contributed by atoms with Crippen LogP contribution in [0.3, 0.4) is 0 Å². The number of carbonyl (C=O) groups excluding carboxylic acids is 4. The molecule has 31 heavy (non-hydrogen) atoms. The molecule has 0 spiro atoms. The molecule has 3 heterocycles. The highest BCUT2D eigenvalue weighted by atomic mass is 32.1. The van der Waals surface area contributed by atoms with Gasteiger partial charge in [0.1, 0.15) is 6.04 Å². The lowest BCUT2D eigenvalue weighted by molar-refractivity contribution is -0.152. The van der Waals surface area contributed by atoms with Crippen molar-refractivity contribution in [1.82, 2.24) is 14.7 Å². The number of amides is 3. The van der Waals surface area contributed by atoms with Crippen molar-refractivity contribution in [3.05, 3.63) is 22.4 Å². The SMILES string of the molecule is CCOC(=O)C1CCCN(C(=O)CN(C)C(=O)C2CCCN2C(=O)Cc2cccs2)C1. The van der Waals surface area contributed by atoms with Crippen LogP contribution in [0.15, 0.2) is 17.5 Å². The molecule has 2 atom stereocenters. The maximum atomic E-state index is 13.0. The zero-order valence-electron chi connectivity index (χ0n) is 18.2. The fraction of sp³-hybridized carbons (Fsp3) is 0.636. The average Bonchev–Trinajstić information content (AvgIpc) is 3.45. The summed E-state index contributed by atoms with van der Waals surface area (Å²) in [6.07, 6.45) is 3.14. The minimum Gasteiger partial charge on any atom is -0.466 e. The number of hydrogen-bond acceptors (Lipinski definition) is 6. The van der Waals surface area contributed by atoms with Crippen LogP contribution in [0, 0.1) is 5.92 Å². The van der Waals surface area contributed by atoms with E-state index in [0.29, 0.717) is 45.5 Å². The predicted octanol–water partition coefficient (Wildman–Crippen LogP) is 1.54. The van der Waals surface area contributed by atoms with E-state index in [1.807, 2.05) is 17.5 Å². The van der Waals surface area contributed by atoms with Gasteiger partial charge < -0.3 is 19.4 Å². The molecule has 2 aliphatic heterocycles. The van der Waals surface area contributed by atoms with Crippen molar-refractivity contribution in [3.8, 4) is 0 Å². The average molecular weight is 450 g/mol. The maximum absolute atomic E-state index is 13.0. The highest BCUT2D eigenvalue weighted by molar-refractivity contribution is 7.10. The molecule has 3 rings (SSSR count). The van der Waals surface area contributed by atoms with E-state index in [2.05, 4.69) is 0 Å². The van der Waals surface area contributed by atoms with Gasteiger partial charge >= 0.3 is 5.97 Å². The summed E-state index contributed by atoms with van der Waals surface area (Å²) in [4.78, 5) is 56.2. The van der Waals surface area contributed by atoms with Crippen molar-refractivity contribution in [1.29, 1.82) is 0 Å². The molecule has 0 bridgehead atoms. The lowest BCUT2D eigenvalue weighted by Crippen LogP contribution is -2.51. The Morgan fingerprint density at radius 1 is 1.16 bits per heavy atom. The molecule has 2 saturated heterocycles. The van der Waals surface area contributed by atoms with Gasteiger partial charge in [-0.2, -0.15) is 0 Å². The zero-order valence-corrected chi connectivity index (χ0v) is 19.1. The zero-order chi connectivity index (χ0) is 22.4. The summed E-state index contributed by atoms with van der Waals surface area (Å²) in [5.74, 6) is -1.01. The van der Waals surface area contributed by atoms with Crippen LogP contribution in [-0.2, 0) is 30.3 Å². The van der Waals surface area contributed by atoms with Crippen molar-refractivity contribution in [2.24, 2.45) is 5.92 Å². The van der Waals surface area contributed by atoms with E-state index in [9.17, 15) is 19.2 Å². The number of piperidine rings is 1. The van der Waals surface area contributed by atoms with E-state index in [4.69, 9.17) is 4.74 Å². The second-order valence-electron chi connectivity index (χ2n) is 8.13. The number of nitrogens with zero attached hydrogens (tertiary/aromatic N) is 3. The fourth-order valence-corrected chi connectivity index (χ4v) is 4.97. The molecule has 0 aromatic carbocycles. The quantitative estimate of drug-likeness (QED) is 0.590. The Hall–Kier alpha value is -2.42. The summed E-state index contributed by atoms with van der Waals surface area (Å²) in [6, 6.07) is 3.31. The van der Waals surface area contributed by atoms with E-state index in [1.165, 1.54) is 16.2 Å². The van der Waals surface area contributed by atoms with Crippen LogP contribution in [-0.4, -0.2) is 84.3 Å². The van der Waals surface area contributed by atoms with Crippen molar-refractivity contribution >= 4 is 35.0 Å². The fourth-order valence-electron chi connectivity index (χ4n) is 4.28. The molecule has 0 N–H and O–H groups in total. The van der Waals surface area contributed by atoms with Crippen LogP contribution in [0.2, 0.25) is 0 Å². The van der Waals surface area contributed by atoms with Gasteiger partial charge in [0.05, 0.1) is 25.5 Å². The van der Waals surface area contributed by atoms with Crippen LogP contribution >= 0.6 is 11.3 Å². The molecule has 0 radical (unpaired) electrons. The molecule has 3 amide bonds. The highest BCUT2D eigenvalue weighted by Crippen LogP contribution is 2.22. The Morgan fingerprint density at radius 3 is 2.65 bits per heavy atom. The number of likely N-dealkylation sites (tertiary alicyclic amines) is 2. The topological polar surface area (TPSA) is 87.2 Å². The number of thiophene rings is 1. The Labute approximate surface area is 187 Å². The third-order valence-corrected chi connectivity index (χ3v) is 6.78.